The van der Waals surface area contributed by atoms with E-state index in [1.165, 1.54) is 6.42 Å². The molecule has 162 valence electrons. The molecule has 7 nitrogen and oxygen atoms in total. The summed E-state index contributed by atoms with van der Waals surface area (Å²) in [6, 6.07) is 4.23. The zero-order valence-electron chi connectivity index (χ0n) is 17.9. The summed E-state index contributed by atoms with van der Waals surface area (Å²) in [6.07, 6.45) is 8.08. The van der Waals surface area contributed by atoms with Crippen LogP contribution in [0.3, 0.4) is 0 Å². The zero-order valence-corrected chi connectivity index (χ0v) is 17.9. The van der Waals surface area contributed by atoms with Gasteiger partial charge in [-0.2, -0.15) is 0 Å². The molecule has 0 bridgehead atoms. The first-order chi connectivity index (χ1) is 14.1. The summed E-state index contributed by atoms with van der Waals surface area (Å²) in [6.45, 7) is 7.83. The van der Waals surface area contributed by atoms with Gasteiger partial charge in [0.15, 0.2) is 5.96 Å². The SMILES string of the molecule is CC(C)C(=O)N1CCC(NC(=NCC2CCCCO2)NCCc2ccco2)CC1. The molecule has 7 heteroatoms. The number of nitrogens with zero attached hydrogens (tertiary/aromatic N) is 2. The number of aliphatic imine (C=N–C) groups is 1. The summed E-state index contributed by atoms with van der Waals surface area (Å²) in [5.41, 5.74) is 0. The van der Waals surface area contributed by atoms with Gasteiger partial charge in [-0.3, -0.25) is 9.79 Å². The molecule has 2 aliphatic rings. The third-order valence-corrected chi connectivity index (χ3v) is 5.61. The molecule has 1 aromatic heterocycles. The normalized spacial score (nSPS) is 21.4. The van der Waals surface area contributed by atoms with Crippen LogP contribution in [0.1, 0.15) is 51.7 Å². The lowest BCUT2D eigenvalue weighted by Crippen LogP contribution is -2.50. The number of ether oxygens (including phenoxy) is 1. The average molecular weight is 405 g/mol. The second-order valence-corrected chi connectivity index (χ2v) is 8.33. The van der Waals surface area contributed by atoms with Gasteiger partial charge in [0, 0.05) is 44.6 Å². The molecule has 0 radical (unpaired) electrons. The molecular formula is C22H36N4O3. The highest BCUT2D eigenvalue weighted by molar-refractivity contribution is 5.80. The minimum absolute atomic E-state index is 0.0652. The molecule has 1 unspecified atom stereocenters. The van der Waals surface area contributed by atoms with E-state index in [-0.39, 0.29) is 17.9 Å². The molecule has 2 aliphatic heterocycles. The molecule has 2 saturated heterocycles. The van der Waals surface area contributed by atoms with Gasteiger partial charge in [-0.1, -0.05) is 13.8 Å². The Morgan fingerprint density at radius 2 is 2.10 bits per heavy atom. The van der Waals surface area contributed by atoms with Gasteiger partial charge in [-0.05, 0) is 44.2 Å². The zero-order chi connectivity index (χ0) is 20.5. The smallest absolute Gasteiger partial charge is 0.225 e. The lowest BCUT2D eigenvalue weighted by Gasteiger charge is -2.34. The van der Waals surface area contributed by atoms with E-state index in [2.05, 4.69) is 10.6 Å². The molecule has 2 N–H and O–H groups in total. The fraction of sp³-hybridized carbons (Fsp3) is 0.727. The van der Waals surface area contributed by atoms with Crippen LogP contribution in [-0.4, -0.2) is 61.7 Å². The fourth-order valence-corrected chi connectivity index (χ4v) is 3.86. The van der Waals surface area contributed by atoms with Gasteiger partial charge in [0.1, 0.15) is 5.76 Å². The van der Waals surface area contributed by atoms with Crippen molar-refractivity contribution in [1.82, 2.24) is 15.5 Å². The van der Waals surface area contributed by atoms with E-state index in [0.29, 0.717) is 12.6 Å². The Morgan fingerprint density at radius 3 is 2.76 bits per heavy atom. The molecule has 1 amide bonds. The Balaban J connectivity index is 1.50. The van der Waals surface area contributed by atoms with Crippen LogP contribution in [0.4, 0.5) is 0 Å². The molecule has 3 heterocycles. The largest absolute Gasteiger partial charge is 0.469 e. The van der Waals surface area contributed by atoms with Crippen molar-refractivity contribution in [1.29, 1.82) is 0 Å². The monoisotopic (exact) mass is 404 g/mol. The van der Waals surface area contributed by atoms with Crippen molar-refractivity contribution in [3.8, 4) is 0 Å². The highest BCUT2D eigenvalue weighted by atomic mass is 16.5. The van der Waals surface area contributed by atoms with Gasteiger partial charge in [-0.25, -0.2) is 0 Å². The van der Waals surface area contributed by atoms with Crippen molar-refractivity contribution >= 4 is 11.9 Å². The fourth-order valence-electron chi connectivity index (χ4n) is 3.86. The number of nitrogens with one attached hydrogen (secondary N) is 2. The summed E-state index contributed by atoms with van der Waals surface area (Å²) in [5, 5.41) is 7.02. The standard InChI is InChI=1S/C22H36N4O3/c1-17(2)21(27)26-12-9-18(10-13-26)25-22(23-11-8-19-7-5-15-28-19)24-16-20-6-3-4-14-29-20/h5,7,15,17-18,20H,3-4,6,8-14,16H2,1-2H3,(H2,23,24,25). The first-order valence-electron chi connectivity index (χ1n) is 11.1. The highest BCUT2D eigenvalue weighted by Gasteiger charge is 2.25. The number of rotatable bonds is 7. The van der Waals surface area contributed by atoms with Crippen molar-refractivity contribution < 1.29 is 13.9 Å². The van der Waals surface area contributed by atoms with Crippen molar-refractivity contribution in [3.05, 3.63) is 24.2 Å². The summed E-state index contributed by atoms with van der Waals surface area (Å²) >= 11 is 0. The van der Waals surface area contributed by atoms with Crippen molar-refractivity contribution in [2.24, 2.45) is 10.9 Å². The van der Waals surface area contributed by atoms with E-state index in [1.54, 1.807) is 6.26 Å². The van der Waals surface area contributed by atoms with Crippen LogP contribution in [0.25, 0.3) is 0 Å². The van der Waals surface area contributed by atoms with Gasteiger partial charge in [0.05, 0.1) is 18.9 Å². The Labute approximate surface area is 174 Å². The van der Waals surface area contributed by atoms with Crippen LogP contribution >= 0.6 is 0 Å². The summed E-state index contributed by atoms with van der Waals surface area (Å²) in [5.74, 6) is 2.12. The van der Waals surface area contributed by atoms with Gasteiger partial charge < -0.3 is 24.7 Å². The van der Waals surface area contributed by atoms with Crippen LogP contribution in [0.5, 0.6) is 0 Å². The van der Waals surface area contributed by atoms with Crippen molar-refractivity contribution in [2.45, 2.75) is 64.5 Å². The van der Waals surface area contributed by atoms with E-state index in [9.17, 15) is 4.79 Å². The molecule has 1 atom stereocenters. The molecule has 3 rings (SSSR count). The Hall–Kier alpha value is -2.02. The Morgan fingerprint density at radius 1 is 1.28 bits per heavy atom. The second-order valence-electron chi connectivity index (χ2n) is 8.33. The van der Waals surface area contributed by atoms with E-state index >= 15 is 0 Å². The topological polar surface area (TPSA) is 79.1 Å². The lowest BCUT2D eigenvalue weighted by atomic mass is 10.0. The first kappa shape index (κ1) is 21.7. The molecule has 1 aromatic rings. The molecule has 29 heavy (non-hydrogen) atoms. The average Bonchev–Trinajstić information content (AvgIpc) is 3.26. The van der Waals surface area contributed by atoms with Crippen LogP contribution < -0.4 is 10.6 Å². The van der Waals surface area contributed by atoms with Crippen LogP contribution in [-0.2, 0) is 16.0 Å². The van der Waals surface area contributed by atoms with Gasteiger partial charge in [0.25, 0.3) is 0 Å². The maximum atomic E-state index is 12.2. The molecule has 0 saturated carbocycles. The summed E-state index contributed by atoms with van der Waals surface area (Å²) in [4.78, 5) is 19.0. The quantitative estimate of drug-likeness (QED) is 0.539. The minimum atomic E-state index is 0.0652. The number of likely N-dealkylation sites (tertiary alicyclic amines) is 1. The predicted molar refractivity (Wildman–Crippen MR) is 114 cm³/mol. The molecule has 2 fully saturated rings. The predicted octanol–water partition coefficient (Wildman–Crippen LogP) is 2.57. The number of piperidine rings is 1. The second kappa shape index (κ2) is 11.2. The molecule has 0 aromatic carbocycles. The maximum absolute atomic E-state index is 12.2. The minimum Gasteiger partial charge on any atom is -0.469 e. The Kier molecular flexibility index (Phi) is 8.40. The third-order valence-electron chi connectivity index (χ3n) is 5.61. The number of carbonyl (C=O) groups excluding carboxylic acids is 1. The van der Waals surface area contributed by atoms with Gasteiger partial charge in [-0.15, -0.1) is 0 Å². The summed E-state index contributed by atoms with van der Waals surface area (Å²) in [7, 11) is 0. The molecule has 0 aliphatic carbocycles. The van der Waals surface area contributed by atoms with E-state index in [4.69, 9.17) is 14.1 Å². The third kappa shape index (κ3) is 7.07. The number of hydrogen-bond donors (Lipinski definition) is 2. The molecular weight excluding hydrogens is 368 g/mol. The number of hydrogen-bond acceptors (Lipinski definition) is 4. The van der Waals surface area contributed by atoms with Crippen molar-refractivity contribution in [3.63, 3.8) is 0 Å². The van der Waals surface area contributed by atoms with E-state index in [0.717, 1.165) is 70.1 Å². The first-order valence-corrected chi connectivity index (χ1v) is 11.1. The number of amides is 1. The van der Waals surface area contributed by atoms with Gasteiger partial charge in [0.2, 0.25) is 5.91 Å². The van der Waals surface area contributed by atoms with Crippen LogP contribution in [0.15, 0.2) is 27.8 Å². The van der Waals surface area contributed by atoms with E-state index < -0.39 is 0 Å². The van der Waals surface area contributed by atoms with E-state index in [1.807, 2.05) is 30.9 Å². The number of guanidine groups is 1. The Bertz CT molecular complexity index is 630. The van der Waals surface area contributed by atoms with Crippen LogP contribution in [0.2, 0.25) is 0 Å². The number of carbonyl (C=O) groups is 1. The summed E-state index contributed by atoms with van der Waals surface area (Å²) < 4.78 is 11.2. The van der Waals surface area contributed by atoms with Gasteiger partial charge >= 0.3 is 0 Å². The van der Waals surface area contributed by atoms with Crippen molar-refractivity contribution in [2.75, 3.05) is 32.8 Å². The molecule has 0 spiro atoms. The highest BCUT2D eigenvalue weighted by Crippen LogP contribution is 2.14. The lowest BCUT2D eigenvalue weighted by molar-refractivity contribution is -0.135. The maximum Gasteiger partial charge on any atom is 0.225 e. The van der Waals surface area contributed by atoms with Crippen LogP contribution in [0, 0.1) is 5.92 Å². The number of furan rings is 1.